The van der Waals surface area contributed by atoms with Crippen molar-refractivity contribution in [2.24, 2.45) is 17.1 Å². The molecule has 1 atom stereocenters. The minimum atomic E-state index is -0.124. The Bertz CT molecular complexity index is 474. The van der Waals surface area contributed by atoms with Gasteiger partial charge in [0.15, 0.2) is 0 Å². The fraction of sp³-hybridized carbons (Fsp3) is 0.588. The average Bonchev–Trinajstić information content (AvgIpc) is 2.33. The predicted octanol–water partition coefficient (Wildman–Crippen LogP) is 3.28. The molecule has 1 aromatic carbocycles. The van der Waals surface area contributed by atoms with Crippen LogP contribution in [0.3, 0.4) is 0 Å². The molecular formula is C17H28N2O. The first-order chi connectivity index (χ1) is 9.15. The maximum Gasteiger partial charge on any atom is 0.231 e. The summed E-state index contributed by atoms with van der Waals surface area (Å²) in [6.45, 7) is 10.9. The fourth-order valence-corrected chi connectivity index (χ4v) is 2.58. The Kier molecular flexibility index (Phi) is 5.35. The van der Waals surface area contributed by atoms with Gasteiger partial charge in [-0.1, -0.05) is 38.5 Å². The summed E-state index contributed by atoms with van der Waals surface area (Å²) in [4.78, 5) is 14.4. The van der Waals surface area contributed by atoms with Crippen molar-refractivity contribution in [1.82, 2.24) is 0 Å². The van der Waals surface area contributed by atoms with Crippen LogP contribution in [0.15, 0.2) is 18.2 Å². The van der Waals surface area contributed by atoms with E-state index in [-0.39, 0.29) is 17.2 Å². The lowest BCUT2D eigenvalue weighted by molar-refractivity contribution is -0.122. The maximum absolute atomic E-state index is 12.6. The van der Waals surface area contributed by atoms with Crippen LogP contribution in [0.2, 0.25) is 0 Å². The number of benzene rings is 1. The molecule has 0 fully saturated rings. The molecule has 112 valence electrons. The van der Waals surface area contributed by atoms with Crippen LogP contribution in [-0.4, -0.2) is 19.5 Å². The minimum Gasteiger partial charge on any atom is -0.330 e. The molecule has 1 rings (SSSR count). The van der Waals surface area contributed by atoms with Crippen molar-refractivity contribution in [1.29, 1.82) is 0 Å². The average molecular weight is 276 g/mol. The molecule has 1 unspecified atom stereocenters. The zero-order valence-corrected chi connectivity index (χ0v) is 13.7. The second-order valence-electron chi connectivity index (χ2n) is 6.88. The lowest BCUT2D eigenvalue weighted by Gasteiger charge is -2.29. The van der Waals surface area contributed by atoms with Crippen molar-refractivity contribution < 1.29 is 4.79 Å². The van der Waals surface area contributed by atoms with Gasteiger partial charge in [0, 0.05) is 19.3 Å². The van der Waals surface area contributed by atoms with E-state index in [1.807, 2.05) is 26.1 Å². The highest BCUT2D eigenvalue weighted by Gasteiger charge is 2.27. The normalized spacial score (nSPS) is 13.2. The summed E-state index contributed by atoms with van der Waals surface area (Å²) in [6.07, 6.45) is 0.803. The summed E-state index contributed by atoms with van der Waals surface area (Å²) in [5.41, 5.74) is 9.20. The van der Waals surface area contributed by atoms with Crippen molar-refractivity contribution in [3.05, 3.63) is 29.3 Å². The predicted molar refractivity (Wildman–Crippen MR) is 85.9 cm³/mol. The van der Waals surface area contributed by atoms with Crippen LogP contribution in [0, 0.1) is 25.2 Å². The van der Waals surface area contributed by atoms with E-state index in [2.05, 4.69) is 33.8 Å². The van der Waals surface area contributed by atoms with Crippen molar-refractivity contribution in [2.45, 2.75) is 41.0 Å². The molecule has 0 aromatic heterocycles. The Balaban J connectivity index is 2.94. The molecule has 3 heteroatoms. The van der Waals surface area contributed by atoms with Crippen molar-refractivity contribution in [3.63, 3.8) is 0 Å². The second-order valence-corrected chi connectivity index (χ2v) is 6.88. The van der Waals surface area contributed by atoms with Crippen LogP contribution < -0.4 is 10.6 Å². The summed E-state index contributed by atoms with van der Waals surface area (Å²) in [7, 11) is 1.84. The number of carbonyl (C=O) groups is 1. The van der Waals surface area contributed by atoms with Gasteiger partial charge in [-0.15, -0.1) is 0 Å². The molecule has 1 amide bonds. The first-order valence-electron chi connectivity index (χ1n) is 7.20. The van der Waals surface area contributed by atoms with E-state index in [9.17, 15) is 4.79 Å². The monoisotopic (exact) mass is 276 g/mol. The summed E-state index contributed by atoms with van der Waals surface area (Å²) in [6, 6.07) is 6.14. The smallest absolute Gasteiger partial charge is 0.231 e. The van der Waals surface area contributed by atoms with Crippen molar-refractivity contribution >= 4 is 11.6 Å². The third-order valence-electron chi connectivity index (χ3n) is 3.54. The standard InChI is InChI=1S/C17H28N2O/c1-12-7-8-15(13(2)9-12)19(6)16(20)14(11-18)10-17(3,4)5/h7-9,14H,10-11,18H2,1-6H3. The SMILES string of the molecule is Cc1ccc(N(C)C(=O)C(CN)CC(C)(C)C)c(C)c1. The Morgan fingerprint density at radius 3 is 2.35 bits per heavy atom. The van der Waals surface area contributed by atoms with E-state index in [0.29, 0.717) is 6.54 Å². The molecule has 20 heavy (non-hydrogen) atoms. The van der Waals surface area contributed by atoms with Gasteiger partial charge in [0.25, 0.3) is 0 Å². The van der Waals surface area contributed by atoms with Crippen LogP contribution in [0.4, 0.5) is 5.69 Å². The molecule has 0 aliphatic rings. The molecule has 1 aromatic rings. The van der Waals surface area contributed by atoms with E-state index in [4.69, 9.17) is 5.73 Å². The first kappa shape index (κ1) is 16.7. The van der Waals surface area contributed by atoms with Crippen molar-refractivity contribution in [2.75, 3.05) is 18.5 Å². The van der Waals surface area contributed by atoms with Gasteiger partial charge in [0.1, 0.15) is 0 Å². The van der Waals surface area contributed by atoms with Gasteiger partial charge < -0.3 is 10.6 Å². The molecule has 0 saturated heterocycles. The number of anilines is 1. The van der Waals surface area contributed by atoms with Gasteiger partial charge in [-0.05, 0) is 37.3 Å². The van der Waals surface area contributed by atoms with Crippen LogP contribution in [0.25, 0.3) is 0 Å². The number of hydrogen-bond acceptors (Lipinski definition) is 2. The first-order valence-corrected chi connectivity index (χ1v) is 7.20. The molecule has 0 aliphatic heterocycles. The largest absolute Gasteiger partial charge is 0.330 e. The van der Waals surface area contributed by atoms with Crippen LogP contribution in [0.1, 0.15) is 38.3 Å². The molecule has 0 bridgehead atoms. The Hall–Kier alpha value is -1.35. The Labute approximate surface area is 123 Å². The summed E-state index contributed by atoms with van der Waals surface area (Å²) >= 11 is 0. The molecule has 0 heterocycles. The van der Waals surface area contributed by atoms with Crippen molar-refractivity contribution in [3.8, 4) is 0 Å². The minimum absolute atomic E-state index is 0.100. The number of nitrogens with two attached hydrogens (primary N) is 1. The lowest BCUT2D eigenvalue weighted by atomic mass is 9.84. The summed E-state index contributed by atoms with van der Waals surface area (Å²) in [5, 5.41) is 0. The number of aryl methyl sites for hydroxylation is 2. The topological polar surface area (TPSA) is 46.3 Å². The lowest BCUT2D eigenvalue weighted by Crippen LogP contribution is -2.38. The molecule has 0 aliphatic carbocycles. The second kappa shape index (κ2) is 6.40. The van der Waals surface area contributed by atoms with E-state index in [0.717, 1.165) is 17.7 Å². The van der Waals surface area contributed by atoms with Gasteiger partial charge in [-0.2, -0.15) is 0 Å². The van der Waals surface area contributed by atoms with Gasteiger partial charge in [-0.25, -0.2) is 0 Å². The number of rotatable bonds is 4. The number of carbonyl (C=O) groups excluding carboxylic acids is 1. The third kappa shape index (κ3) is 4.34. The van der Waals surface area contributed by atoms with Crippen LogP contribution in [-0.2, 0) is 4.79 Å². The third-order valence-corrected chi connectivity index (χ3v) is 3.54. The Morgan fingerprint density at radius 1 is 1.30 bits per heavy atom. The van der Waals surface area contributed by atoms with E-state index in [1.165, 1.54) is 5.56 Å². The fourth-order valence-electron chi connectivity index (χ4n) is 2.58. The quantitative estimate of drug-likeness (QED) is 0.917. The molecule has 3 nitrogen and oxygen atoms in total. The highest BCUT2D eigenvalue weighted by molar-refractivity contribution is 5.95. The van der Waals surface area contributed by atoms with Gasteiger partial charge in [-0.3, -0.25) is 4.79 Å². The number of amides is 1. The number of nitrogens with zero attached hydrogens (tertiary/aromatic N) is 1. The Morgan fingerprint density at radius 2 is 1.90 bits per heavy atom. The van der Waals surface area contributed by atoms with E-state index >= 15 is 0 Å². The van der Waals surface area contributed by atoms with Gasteiger partial charge in [0.05, 0.1) is 5.92 Å². The maximum atomic E-state index is 12.6. The molecular weight excluding hydrogens is 248 g/mol. The number of hydrogen-bond donors (Lipinski definition) is 1. The molecule has 0 saturated carbocycles. The van der Waals surface area contributed by atoms with E-state index in [1.54, 1.807) is 4.90 Å². The van der Waals surface area contributed by atoms with E-state index < -0.39 is 0 Å². The van der Waals surface area contributed by atoms with Gasteiger partial charge in [0.2, 0.25) is 5.91 Å². The molecule has 0 radical (unpaired) electrons. The highest BCUT2D eigenvalue weighted by Crippen LogP contribution is 2.27. The van der Waals surface area contributed by atoms with Gasteiger partial charge >= 0.3 is 0 Å². The van der Waals surface area contributed by atoms with Crippen LogP contribution >= 0.6 is 0 Å². The highest BCUT2D eigenvalue weighted by atomic mass is 16.2. The summed E-state index contributed by atoms with van der Waals surface area (Å²) in [5.74, 6) is -0.0184. The molecule has 2 N–H and O–H groups in total. The van der Waals surface area contributed by atoms with Crippen LogP contribution in [0.5, 0.6) is 0 Å². The zero-order valence-electron chi connectivity index (χ0n) is 13.7. The zero-order chi connectivity index (χ0) is 15.5. The molecule has 0 spiro atoms. The summed E-state index contributed by atoms with van der Waals surface area (Å²) < 4.78 is 0.